The number of fused-ring (bicyclic) bond motifs is 2. The Labute approximate surface area is 158 Å². The summed E-state index contributed by atoms with van der Waals surface area (Å²) in [5.74, 6) is 0.803. The molecule has 1 aromatic carbocycles. The maximum absolute atomic E-state index is 12.6. The quantitative estimate of drug-likeness (QED) is 0.773. The van der Waals surface area contributed by atoms with Gasteiger partial charge in [-0.1, -0.05) is 18.2 Å². The molecule has 0 spiro atoms. The van der Waals surface area contributed by atoms with Gasteiger partial charge in [0.15, 0.2) is 0 Å². The number of thioether (sulfide) groups is 1. The number of carbonyl (C=O) groups excluding carboxylic acids is 1. The summed E-state index contributed by atoms with van der Waals surface area (Å²) in [5, 5.41) is 10.2. The summed E-state index contributed by atoms with van der Waals surface area (Å²) in [6, 6.07) is 12.4. The molecule has 0 saturated carbocycles. The number of nitriles is 1. The SMILES string of the molecule is N#Cc1cc2c(nc1SCCC(=O)N1CCc3ccccc31)CCCC2. The van der Waals surface area contributed by atoms with Crippen molar-refractivity contribution >= 4 is 23.4 Å². The molecule has 2 heterocycles. The Hall–Kier alpha value is -2.32. The summed E-state index contributed by atoms with van der Waals surface area (Å²) < 4.78 is 0. The maximum Gasteiger partial charge on any atom is 0.227 e. The van der Waals surface area contributed by atoms with Crippen molar-refractivity contribution in [3.63, 3.8) is 0 Å². The lowest BCUT2D eigenvalue weighted by Gasteiger charge is -2.18. The third-order valence-electron chi connectivity index (χ3n) is 5.13. The first-order valence-corrected chi connectivity index (χ1v) is 10.2. The highest BCUT2D eigenvalue weighted by Gasteiger charge is 2.24. The fourth-order valence-corrected chi connectivity index (χ4v) is 4.68. The van der Waals surface area contributed by atoms with Gasteiger partial charge in [0, 0.05) is 30.1 Å². The number of pyridine rings is 1. The van der Waals surface area contributed by atoms with E-state index < -0.39 is 0 Å². The summed E-state index contributed by atoms with van der Waals surface area (Å²) in [6.45, 7) is 0.767. The van der Waals surface area contributed by atoms with E-state index >= 15 is 0 Å². The molecule has 0 saturated heterocycles. The predicted molar refractivity (Wildman–Crippen MR) is 103 cm³/mol. The van der Waals surface area contributed by atoms with Gasteiger partial charge < -0.3 is 4.90 Å². The first-order chi connectivity index (χ1) is 12.8. The molecule has 1 aliphatic heterocycles. The van der Waals surface area contributed by atoms with Crippen LogP contribution in [0.2, 0.25) is 0 Å². The van der Waals surface area contributed by atoms with Crippen molar-refractivity contribution in [2.24, 2.45) is 0 Å². The third-order valence-corrected chi connectivity index (χ3v) is 6.12. The number of rotatable bonds is 4. The summed E-state index contributed by atoms with van der Waals surface area (Å²) in [6.07, 6.45) is 5.76. The predicted octanol–water partition coefficient (Wildman–Crippen LogP) is 3.90. The van der Waals surface area contributed by atoms with E-state index in [0.29, 0.717) is 17.7 Å². The minimum atomic E-state index is 0.152. The lowest BCUT2D eigenvalue weighted by Crippen LogP contribution is -2.29. The van der Waals surface area contributed by atoms with E-state index in [0.717, 1.165) is 42.2 Å². The summed E-state index contributed by atoms with van der Waals surface area (Å²) in [4.78, 5) is 19.2. The monoisotopic (exact) mass is 363 g/mol. The summed E-state index contributed by atoms with van der Waals surface area (Å²) in [7, 11) is 0. The Balaban J connectivity index is 1.41. The Kier molecular flexibility index (Phi) is 4.94. The minimum absolute atomic E-state index is 0.152. The Bertz CT molecular complexity index is 887. The molecule has 1 aliphatic carbocycles. The number of hydrogen-bond acceptors (Lipinski definition) is 4. The second-order valence-corrected chi connectivity index (χ2v) is 7.87. The molecule has 0 radical (unpaired) electrons. The van der Waals surface area contributed by atoms with Crippen LogP contribution in [0, 0.1) is 11.3 Å². The fraction of sp³-hybridized carbons (Fsp3) is 0.381. The molecule has 4 nitrogen and oxygen atoms in total. The van der Waals surface area contributed by atoms with E-state index in [9.17, 15) is 10.1 Å². The van der Waals surface area contributed by atoms with Gasteiger partial charge in [0.1, 0.15) is 11.1 Å². The standard InChI is InChI=1S/C21H21N3OS/c22-14-17-13-16-6-1-3-7-18(16)23-21(17)26-12-10-20(25)24-11-9-15-5-2-4-8-19(15)24/h2,4-5,8,13H,1,3,6-7,9-12H2. The van der Waals surface area contributed by atoms with Crippen LogP contribution in [0.15, 0.2) is 35.4 Å². The van der Waals surface area contributed by atoms with Crippen LogP contribution in [0.1, 0.15) is 41.6 Å². The molecule has 0 N–H and O–H groups in total. The van der Waals surface area contributed by atoms with Crippen LogP contribution in [0.4, 0.5) is 5.69 Å². The van der Waals surface area contributed by atoms with Crippen molar-refractivity contribution < 1.29 is 4.79 Å². The zero-order valence-corrected chi connectivity index (χ0v) is 15.5. The molecule has 4 rings (SSSR count). The van der Waals surface area contributed by atoms with Crippen LogP contribution in [0.5, 0.6) is 0 Å². The topological polar surface area (TPSA) is 57.0 Å². The Morgan fingerprint density at radius 3 is 2.92 bits per heavy atom. The average Bonchev–Trinajstić information content (AvgIpc) is 3.11. The van der Waals surface area contributed by atoms with E-state index in [1.807, 2.05) is 29.2 Å². The average molecular weight is 363 g/mol. The van der Waals surface area contributed by atoms with Gasteiger partial charge in [-0.25, -0.2) is 4.98 Å². The molecule has 0 fully saturated rings. The summed E-state index contributed by atoms with van der Waals surface area (Å²) >= 11 is 1.53. The molecule has 0 atom stereocenters. The number of para-hydroxylation sites is 1. The van der Waals surface area contributed by atoms with Gasteiger partial charge in [-0.05, 0) is 55.4 Å². The highest BCUT2D eigenvalue weighted by atomic mass is 32.2. The third kappa shape index (κ3) is 3.34. The van der Waals surface area contributed by atoms with Crippen molar-refractivity contribution in [1.29, 1.82) is 5.26 Å². The molecule has 132 valence electrons. The molecule has 26 heavy (non-hydrogen) atoms. The fourth-order valence-electron chi connectivity index (χ4n) is 3.77. The second kappa shape index (κ2) is 7.51. The molecule has 2 aromatic rings. The number of aromatic nitrogens is 1. The van der Waals surface area contributed by atoms with Crippen LogP contribution in [-0.2, 0) is 24.1 Å². The smallest absolute Gasteiger partial charge is 0.227 e. The van der Waals surface area contributed by atoms with Gasteiger partial charge in [-0.3, -0.25) is 4.79 Å². The van der Waals surface area contributed by atoms with Gasteiger partial charge in [0.25, 0.3) is 0 Å². The highest BCUT2D eigenvalue weighted by molar-refractivity contribution is 7.99. The molecule has 0 bridgehead atoms. The van der Waals surface area contributed by atoms with Gasteiger partial charge in [0.2, 0.25) is 5.91 Å². The Morgan fingerprint density at radius 2 is 2.04 bits per heavy atom. The Morgan fingerprint density at radius 1 is 1.19 bits per heavy atom. The number of carbonyl (C=O) groups is 1. The van der Waals surface area contributed by atoms with Crippen LogP contribution >= 0.6 is 11.8 Å². The zero-order chi connectivity index (χ0) is 17.9. The van der Waals surface area contributed by atoms with Gasteiger partial charge >= 0.3 is 0 Å². The largest absolute Gasteiger partial charge is 0.312 e. The molecular formula is C21H21N3OS. The van der Waals surface area contributed by atoms with Crippen LogP contribution in [0.25, 0.3) is 0 Å². The van der Waals surface area contributed by atoms with Crippen molar-refractivity contribution in [3.05, 3.63) is 52.7 Å². The number of anilines is 1. The lowest BCUT2D eigenvalue weighted by molar-refractivity contribution is -0.118. The maximum atomic E-state index is 12.6. The van der Waals surface area contributed by atoms with Crippen molar-refractivity contribution in [1.82, 2.24) is 4.98 Å². The molecule has 1 amide bonds. The molecule has 2 aliphatic rings. The molecule has 0 unspecified atom stereocenters. The lowest BCUT2D eigenvalue weighted by atomic mass is 9.95. The van der Waals surface area contributed by atoms with Crippen molar-refractivity contribution in [3.8, 4) is 6.07 Å². The van der Waals surface area contributed by atoms with Gasteiger partial charge in [0.05, 0.1) is 5.56 Å². The van der Waals surface area contributed by atoms with E-state index in [2.05, 4.69) is 12.1 Å². The van der Waals surface area contributed by atoms with E-state index in [-0.39, 0.29) is 5.91 Å². The van der Waals surface area contributed by atoms with Gasteiger partial charge in [-0.2, -0.15) is 5.26 Å². The zero-order valence-electron chi connectivity index (χ0n) is 14.7. The van der Waals surface area contributed by atoms with Crippen LogP contribution < -0.4 is 4.90 Å². The molecule has 1 aromatic heterocycles. The molecule has 5 heteroatoms. The molecular weight excluding hydrogens is 342 g/mol. The number of aryl methyl sites for hydroxylation is 2. The first-order valence-electron chi connectivity index (χ1n) is 9.20. The van der Waals surface area contributed by atoms with E-state index in [1.165, 1.54) is 35.7 Å². The highest BCUT2D eigenvalue weighted by Crippen LogP contribution is 2.30. The van der Waals surface area contributed by atoms with Crippen LogP contribution in [-0.4, -0.2) is 23.2 Å². The van der Waals surface area contributed by atoms with Crippen molar-refractivity contribution in [2.75, 3.05) is 17.2 Å². The van der Waals surface area contributed by atoms with E-state index in [1.54, 1.807) is 0 Å². The van der Waals surface area contributed by atoms with Gasteiger partial charge in [-0.15, -0.1) is 11.8 Å². The number of benzene rings is 1. The first kappa shape index (κ1) is 17.1. The second-order valence-electron chi connectivity index (χ2n) is 6.79. The number of nitrogens with zero attached hydrogens (tertiary/aromatic N) is 3. The van der Waals surface area contributed by atoms with E-state index in [4.69, 9.17) is 4.98 Å². The van der Waals surface area contributed by atoms with Crippen molar-refractivity contribution in [2.45, 2.75) is 43.6 Å². The normalized spacial score (nSPS) is 15.3. The van der Waals surface area contributed by atoms with Crippen LogP contribution in [0.3, 0.4) is 0 Å². The number of hydrogen-bond donors (Lipinski definition) is 0. The minimum Gasteiger partial charge on any atom is -0.312 e. The number of amides is 1. The summed E-state index contributed by atoms with van der Waals surface area (Å²) in [5.41, 5.74) is 5.30.